The number of aliphatic hydroxyl groups excluding tert-OH is 2. The first-order valence-electron chi connectivity index (χ1n) is 12.3. The van der Waals surface area contributed by atoms with Crippen molar-refractivity contribution in [1.82, 2.24) is 10.2 Å². The maximum atomic E-state index is 13.4. The lowest BCUT2D eigenvalue weighted by atomic mass is 9.77. The molecule has 4 rings (SSSR count). The van der Waals surface area contributed by atoms with Gasteiger partial charge in [0.15, 0.2) is 0 Å². The third-order valence-corrected chi connectivity index (χ3v) is 7.12. The van der Waals surface area contributed by atoms with Gasteiger partial charge in [-0.2, -0.15) is 0 Å². The topological polar surface area (TPSA) is 116 Å². The third kappa shape index (κ3) is 4.88. The number of nitrogens with one attached hydrogen (secondary N) is 1. The monoisotopic (exact) mass is 470 g/mol. The van der Waals surface area contributed by atoms with Crippen molar-refractivity contribution >= 4 is 17.6 Å². The molecule has 184 valence electrons. The molecule has 8 heteroatoms. The third-order valence-electron chi connectivity index (χ3n) is 7.12. The highest BCUT2D eigenvalue weighted by molar-refractivity contribution is 5.96. The zero-order valence-electron chi connectivity index (χ0n) is 19.6. The first kappa shape index (κ1) is 24.4. The maximum absolute atomic E-state index is 13.4. The van der Waals surface area contributed by atoms with Crippen LogP contribution in [0.15, 0.2) is 35.9 Å². The molecule has 3 N–H and O–H groups in total. The number of para-hydroxylation sites is 1. The van der Waals surface area contributed by atoms with Gasteiger partial charge in [-0.25, -0.2) is 0 Å². The Kier molecular flexibility index (Phi) is 7.68. The summed E-state index contributed by atoms with van der Waals surface area (Å²) in [5.41, 5.74) is 1.27. The number of ether oxygens (including phenoxy) is 1. The zero-order valence-corrected chi connectivity index (χ0v) is 19.6. The molecule has 0 bridgehead atoms. The van der Waals surface area contributed by atoms with Gasteiger partial charge in [0.2, 0.25) is 11.8 Å². The highest BCUT2D eigenvalue weighted by Crippen LogP contribution is 2.47. The molecule has 1 fully saturated rings. The molecule has 0 radical (unpaired) electrons. The minimum Gasteiger partial charge on any atom is -0.486 e. The van der Waals surface area contributed by atoms with E-state index in [1.54, 1.807) is 11.0 Å². The van der Waals surface area contributed by atoms with Crippen LogP contribution >= 0.6 is 0 Å². The predicted octanol–water partition coefficient (Wildman–Crippen LogP) is 1.84. The van der Waals surface area contributed by atoms with Crippen LogP contribution in [-0.2, 0) is 14.4 Å². The van der Waals surface area contributed by atoms with Crippen LogP contribution in [0, 0.1) is 0 Å². The number of carbonyl (C=O) groups is 3. The molecule has 1 saturated carbocycles. The van der Waals surface area contributed by atoms with Crippen LogP contribution in [0.4, 0.5) is 0 Å². The van der Waals surface area contributed by atoms with Gasteiger partial charge >= 0.3 is 0 Å². The van der Waals surface area contributed by atoms with Gasteiger partial charge in [-0.1, -0.05) is 31.0 Å². The Bertz CT molecular complexity index is 954. The Hall–Kier alpha value is -2.71. The largest absolute Gasteiger partial charge is 0.486 e. The molecule has 1 aliphatic heterocycles. The predicted molar refractivity (Wildman–Crippen MR) is 125 cm³/mol. The van der Waals surface area contributed by atoms with Gasteiger partial charge in [0, 0.05) is 36.6 Å². The summed E-state index contributed by atoms with van der Waals surface area (Å²) in [4.78, 5) is 39.7. The molecule has 0 spiro atoms. The highest BCUT2D eigenvalue weighted by Gasteiger charge is 2.51. The lowest BCUT2D eigenvalue weighted by molar-refractivity contribution is -0.140. The number of carbonyl (C=O) groups excluding carboxylic acids is 3. The van der Waals surface area contributed by atoms with Crippen molar-refractivity contribution in [1.29, 1.82) is 0 Å². The van der Waals surface area contributed by atoms with Crippen molar-refractivity contribution in [3.8, 4) is 5.75 Å². The molecule has 1 heterocycles. The SMILES string of the molecule is CC(=O)CCCC(=O)N(C1CCCC1)[C@@H]1C=C(C(=O)NCCO)[C@@H]2c3ccccc3O[C@@H]2[C@H]1O. The van der Waals surface area contributed by atoms with E-state index in [0.717, 1.165) is 31.2 Å². The highest BCUT2D eigenvalue weighted by atomic mass is 16.5. The molecule has 2 amide bonds. The van der Waals surface area contributed by atoms with Gasteiger partial charge in [0.05, 0.1) is 18.6 Å². The van der Waals surface area contributed by atoms with E-state index in [0.29, 0.717) is 24.2 Å². The van der Waals surface area contributed by atoms with E-state index in [2.05, 4.69) is 5.32 Å². The molecule has 34 heavy (non-hydrogen) atoms. The van der Waals surface area contributed by atoms with Crippen LogP contribution in [0.2, 0.25) is 0 Å². The Labute approximate surface area is 200 Å². The number of amides is 2. The van der Waals surface area contributed by atoms with Crippen LogP contribution in [0.1, 0.15) is 63.4 Å². The molecule has 0 saturated heterocycles. The number of hydrogen-bond donors (Lipinski definition) is 3. The summed E-state index contributed by atoms with van der Waals surface area (Å²) < 4.78 is 6.14. The van der Waals surface area contributed by atoms with Gasteiger partial charge in [-0.3, -0.25) is 9.59 Å². The lowest BCUT2D eigenvalue weighted by Gasteiger charge is -2.43. The molecule has 3 aliphatic rings. The van der Waals surface area contributed by atoms with E-state index in [1.807, 2.05) is 24.3 Å². The second-order valence-electron chi connectivity index (χ2n) is 9.48. The Morgan fingerprint density at radius 1 is 1.15 bits per heavy atom. The molecule has 0 unspecified atom stereocenters. The molecule has 4 atom stereocenters. The van der Waals surface area contributed by atoms with E-state index in [-0.39, 0.29) is 43.2 Å². The number of nitrogens with zero attached hydrogens (tertiary/aromatic N) is 1. The Morgan fingerprint density at radius 3 is 2.59 bits per heavy atom. The number of aliphatic hydroxyl groups is 2. The van der Waals surface area contributed by atoms with Gasteiger partial charge in [-0.05, 0) is 38.3 Å². The average Bonchev–Trinajstić information content (AvgIpc) is 3.47. The molecular formula is C26H34N2O6. The number of Topliss-reactive ketones (excluding diaryl/α,β-unsaturated/α-hetero) is 1. The van der Waals surface area contributed by atoms with Gasteiger partial charge in [0.25, 0.3) is 0 Å². The molecule has 8 nitrogen and oxygen atoms in total. The fourth-order valence-electron chi connectivity index (χ4n) is 5.58. The van der Waals surface area contributed by atoms with Crippen molar-refractivity contribution in [2.75, 3.05) is 13.2 Å². The van der Waals surface area contributed by atoms with Gasteiger partial charge in [0.1, 0.15) is 23.7 Å². The first-order chi connectivity index (χ1) is 16.4. The second kappa shape index (κ2) is 10.7. The molecule has 0 aromatic heterocycles. The Balaban J connectivity index is 1.69. The summed E-state index contributed by atoms with van der Waals surface area (Å²) in [5, 5.41) is 23.4. The molecule has 1 aromatic rings. The quantitative estimate of drug-likeness (QED) is 0.507. The number of rotatable bonds is 9. The number of ketones is 1. The fourth-order valence-corrected chi connectivity index (χ4v) is 5.58. The van der Waals surface area contributed by atoms with E-state index in [9.17, 15) is 24.6 Å². The summed E-state index contributed by atoms with van der Waals surface area (Å²) in [6.07, 6.45) is 4.73. The average molecular weight is 471 g/mol. The van der Waals surface area contributed by atoms with E-state index >= 15 is 0 Å². The van der Waals surface area contributed by atoms with Crippen molar-refractivity contribution < 1.29 is 29.3 Å². The van der Waals surface area contributed by atoms with Crippen molar-refractivity contribution in [3.63, 3.8) is 0 Å². The summed E-state index contributed by atoms with van der Waals surface area (Å²) in [5.74, 6) is -0.243. The zero-order chi connectivity index (χ0) is 24.2. The van der Waals surface area contributed by atoms with Crippen LogP contribution in [-0.4, -0.2) is 70.2 Å². The van der Waals surface area contributed by atoms with Crippen LogP contribution in [0.25, 0.3) is 0 Å². The molecule has 2 aliphatic carbocycles. The minimum atomic E-state index is -1.01. The van der Waals surface area contributed by atoms with E-state index < -0.39 is 24.2 Å². The van der Waals surface area contributed by atoms with Crippen molar-refractivity contribution in [3.05, 3.63) is 41.5 Å². The molecular weight excluding hydrogens is 436 g/mol. The van der Waals surface area contributed by atoms with Crippen LogP contribution in [0.5, 0.6) is 5.75 Å². The van der Waals surface area contributed by atoms with Crippen molar-refractivity contribution in [2.24, 2.45) is 0 Å². The maximum Gasteiger partial charge on any atom is 0.247 e. The number of fused-ring (bicyclic) bond motifs is 3. The van der Waals surface area contributed by atoms with Crippen LogP contribution in [0.3, 0.4) is 0 Å². The van der Waals surface area contributed by atoms with E-state index in [4.69, 9.17) is 4.74 Å². The standard InChI is InChI=1S/C26H34N2O6/c1-16(30)7-6-12-22(31)28(17-8-2-3-9-17)20-15-19(26(33)27-13-14-29)23-18-10-4-5-11-21(18)34-25(23)24(20)32/h4-5,10-11,15,17,20,23-25,29,32H,2-3,6-9,12-14H2,1H3,(H,27,33)/t20-,23+,24+,25+/m1/s1. The lowest BCUT2D eigenvalue weighted by Crippen LogP contribution is -2.58. The minimum absolute atomic E-state index is 0.0252. The fraction of sp³-hybridized carbons (Fsp3) is 0.577. The summed E-state index contributed by atoms with van der Waals surface area (Å²) in [6, 6.07) is 6.69. The summed E-state index contributed by atoms with van der Waals surface area (Å²) in [6.45, 7) is 1.44. The molecule has 1 aromatic carbocycles. The van der Waals surface area contributed by atoms with Gasteiger partial charge < -0.3 is 30.0 Å². The number of benzene rings is 1. The number of hydrogen-bond acceptors (Lipinski definition) is 6. The van der Waals surface area contributed by atoms with Gasteiger partial charge in [-0.15, -0.1) is 0 Å². The summed E-state index contributed by atoms with van der Waals surface area (Å²) >= 11 is 0. The van der Waals surface area contributed by atoms with Crippen LogP contribution < -0.4 is 10.1 Å². The summed E-state index contributed by atoms with van der Waals surface area (Å²) in [7, 11) is 0. The smallest absolute Gasteiger partial charge is 0.247 e. The normalized spacial score (nSPS) is 25.7. The first-order valence-corrected chi connectivity index (χ1v) is 12.3. The van der Waals surface area contributed by atoms with E-state index in [1.165, 1.54) is 6.92 Å². The second-order valence-corrected chi connectivity index (χ2v) is 9.48. The Morgan fingerprint density at radius 2 is 1.88 bits per heavy atom. The van der Waals surface area contributed by atoms with Crippen molar-refractivity contribution in [2.45, 2.75) is 82.1 Å².